The maximum Gasteiger partial charge on any atom is 0.303 e. The highest BCUT2D eigenvalue weighted by molar-refractivity contribution is 5.68. The van der Waals surface area contributed by atoms with Crippen LogP contribution >= 0.6 is 0 Å². The minimum Gasteiger partial charge on any atom is -0.463 e. The number of nitrogens with zero attached hydrogens (tertiary/aromatic N) is 3. The Hall–Kier alpha value is -2.89. The average Bonchev–Trinajstić information content (AvgIpc) is 2.60. The van der Waals surface area contributed by atoms with E-state index in [-0.39, 0.29) is 19.8 Å². The van der Waals surface area contributed by atoms with E-state index in [0.29, 0.717) is 0 Å². The zero-order valence-corrected chi connectivity index (χ0v) is 16.4. The molecule has 1 heterocycles. The van der Waals surface area contributed by atoms with Gasteiger partial charge in [-0.1, -0.05) is 5.11 Å². The Morgan fingerprint density at radius 3 is 1.97 bits per heavy atom. The Morgan fingerprint density at radius 1 is 0.897 bits per heavy atom. The van der Waals surface area contributed by atoms with Gasteiger partial charge in [0.1, 0.15) is 12.7 Å². The van der Waals surface area contributed by atoms with Crippen molar-refractivity contribution < 1.29 is 47.6 Å². The zero-order valence-electron chi connectivity index (χ0n) is 16.4. The van der Waals surface area contributed by atoms with Crippen LogP contribution < -0.4 is 0 Å². The van der Waals surface area contributed by atoms with Crippen molar-refractivity contribution in [2.45, 2.75) is 58.4 Å². The lowest BCUT2D eigenvalue weighted by atomic mass is 9.98. The van der Waals surface area contributed by atoms with Crippen molar-refractivity contribution in [2.75, 3.05) is 19.8 Å². The molecule has 1 rings (SSSR count). The Balaban J connectivity index is 3.22. The van der Waals surface area contributed by atoms with Crippen LogP contribution in [0.3, 0.4) is 0 Å². The number of rotatable bonds is 9. The fraction of sp³-hybridized carbons (Fsp3) is 0.750. The first-order valence-electron chi connectivity index (χ1n) is 8.58. The summed E-state index contributed by atoms with van der Waals surface area (Å²) in [6.45, 7) is 4.01. The van der Waals surface area contributed by atoms with E-state index in [4.69, 9.17) is 34.0 Å². The molecule has 1 fully saturated rings. The van der Waals surface area contributed by atoms with E-state index >= 15 is 0 Å². The third-order valence-electron chi connectivity index (χ3n) is 3.48. The lowest BCUT2D eigenvalue weighted by Crippen LogP contribution is -2.63. The SMILES string of the molecule is CC(=O)OCC1O[C@@H](OCCN=[N+]=[N-])[C@@H](OC(C)=O)C(OC(C)=O)[C@@H]1OC(C)=O. The summed E-state index contributed by atoms with van der Waals surface area (Å²) in [5, 5.41) is 3.31. The van der Waals surface area contributed by atoms with Crippen LogP contribution in [0.25, 0.3) is 10.4 Å². The topological polar surface area (TPSA) is 172 Å². The first-order chi connectivity index (χ1) is 13.6. The molecule has 0 bridgehead atoms. The summed E-state index contributed by atoms with van der Waals surface area (Å²) in [6, 6.07) is 0. The molecule has 0 N–H and O–H groups in total. The highest BCUT2D eigenvalue weighted by atomic mass is 16.7. The molecule has 13 heteroatoms. The van der Waals surface area contributed by atoms with E-state index in [1.54, 1.807) is 0 Å². The molecule has 0 amide bonds. The number of azide groups is 1. The molecule has 2 unspecified atom stereocenters. The fourth-order valence-corrected chi connectivity index (χ4v) is 2.58. The van der Waals surface area contributed by atoms with Crippen molar-refractivity contribution in [2.24, 2.45) is 5.11 Å². The molecule has 0 aliphatic carbocycles. The molecule has 1 aliphatic heterocycles. The van der Waals surface area contributed by atoms with Crippen molar-refractivity contribution in [3.63, 3.8) is 0 Å². The van der Waals surface area contributed by atoms with Gasteiger partial charge in [0.2, 0.25) is 0 Å². The molecule has 162 valence electrons. The quantitative estimate of drug-likeness (QED) is 0.128. The highest BCUT2D eigenvalue weighted by Gasteiger charge is 2.52. The van der Waals surface area contributed by atoms with Crippen LogP contribution in [0.5, 0.6) is 0 Å². The summed E-state index contributed by atoms with van der Waals surface area (Å²) in [4.78, 5) is 48.5. The average molecular weight is 417 g/mol. The smallest absolute Gasteiger partial charge is 0.303 e. The molecular formula is C16H23N3O10. The number of carbonyl (C=O) groups is 4. The maximum atomic E-state index is 11.6. The largest absolute Gasteiger partial charge is 0.463 e. The molecule has 0 aromatic rings. The van der Waals surface area contributed by atoms with Crippen LogP contribution in [-0.4, -0.2) is 74.3 Å². The predicted molar refractivity (Wildman–Crippen MR) is 91.9 cm³/mol. The van der Waals surface area contributed by atoms with Gasteiger partial charge < -0.3 is 28.4 Å². The second-order valence-electron chi connectivity index (χ2n) is 5.89. The zero-order chi connectivity index (χ0) is 22.0. The normalized spacial score (nSPS) is 25.9. The first-order valence-corrected chi connectivity index (χ1v) is 8.58. The van der Waals surface area contributed by atoms with Gasteiger partial charge in [0.25, 0.3) is 0 Å². The lowest BCUT2D eigenvalue weighted by Gasteiger charge is -2.44. The van der Waals surface area contributed by atoms with Crippen LogP contribution in [-0.2, 0) is 47.6 Å². The van der Waals surface area contributed by atoms with Gasteiger partial charge in [-0.2, -0.15) is 0 Å². The minimum atomic E-state index is -1.31. The molecule has 1 saturated heterocycles. The summed E-state index contributed by atoms with van der Waals surface area (Å²) in [5.41, 5.74) is 8.35. The monoisotopic (exact) mass is 417 g/mol. The van der Waals surface area contributed by atoms with E-state index in [0.717, 1.165) is 20.8 Å². The second kappa shape index (κ2) is 11.8. The summed E-state index contributed by atoms with van der Waals surface area (Å²) in [5.74, 6) is -2.83. The molecule has 5 atom stereocenters. The van der Waals surface area contributed by atoms with Crippen molar-refractivity contribution in [3.8, 4) is 0 Å². The van der Waals surface area contributed by atoms with Gasteiger partial charge >= 0.3 is 23.9 Å². The minimum absolute atomic E-state index is 0.0522. The Kier molecular flexibility index (Phi) is 9.86. The standard InChI is InChI=1S/C16H23N3O10/c1-8(20)25-7-12-13(26-9(2)21)14(27-10(3)22)15(28-11(4)23)16(29-12)24-6-5-18-19-17/h12-16H,5-7H2,1-4H3/t12?,13-,14?,15+,16-/m1/s1. The van der Waals surface area contributed by atoms with Gasteiger partial charge in [0.05, 0.1) is 6.61 Å². The summed E-state index contributed by atoms with van der Waals surface area (Å²) < 4.78 is 31.7. The molecule has 0 spiro atoms. The van der Waals surface area contributed by atoms with Crippen molar-refractivity contribution in [1.82, 2.24) is 0 Å². The number of hydrogen-bond donors (Lipinski definition) is 0. The summed E-state index contributed by atoms with van der Waals surface area (Å²) >= 11 is 0. The number of carbonyl (C=O) groups excluding carboxylic acids is 4. The Morgan fingerprint density at radius 2 is 1.45 bits per heavy atom. The maximum absolute atomic E-state index is 11.6. The van der Waals surface area contributed by atoms with Crippen LogP contribution in [0, 0.1) is 0 Å². The van der Waals surface area contributed by atoms with Gasteiger partial charge in [-0.3, -0.25) is 19.2 Å². The van der Waals surface area contributed by atoms with E-state index < -0.39 is 54.6 Å². The number of esters is 4. The number of ether oxygens (including phenoxy) is 6. The molecular weight excluding hydrogens is 394 g/mol. The fourth-order valence-electron chi connectivity index (χ4n) is 2.58. The van der Waals surface area contributed by atoms with E-state index in [1.165, 1.54) is 6.92 Å². The van der Waals surface area contributed by atoms with Crippen LogP contribution in [0.2, 0.25) is 0 Å². The molecule has 1 aliphatic rings. The Bertz CT molecular complexity index is 663. The Labute approximate surface area is 166 Å². The van der Waals surface area contributed by atoms with E-state index in [9.17, 15) is 19.2 Å². The van der Waals surface area contributed by atoms with E-state index in [1.807, 2.05) is 0 Å². The van der Waals surface area contributed by atoms with Gasteiger partial charge in [-0.05, 0) is 5.53 Å². The third-order valence-corrected chi connectivity index (χ3v) is 3.48. The van der Waals surface area contributed by atoms with Gasteiger partial charge in [0, 0.05) is 39.2 Å². The predicted octanol–water partition coefficient (Wildman–Crippen LogP) is 0.396. The van der Waals surface area contributed by atoms with Crippen LogP contribution in [0.1, 0.15) is 27.7 Å². The molecule has 0 saturated carbocycles. The summed E-state index contributed by atoms with van der Waals surface area (Å²) in [7, 11) is 0. The first kappa shape index (κ1) is 24.1. The second-order valence-corrected chi connectivity index (χ2v) is 5.89. The van der Waals surface area contributed by atoms with Crippen molar-refractivity contribution in [3.05, 3.63) is 10.4 Å². The lowest BCUT2D eigenvalue weighted by molar-refractivity contribution is -0.307. The molecule has 0 aromatic carbocycles. The summed E-state index contributed by atoms with van der Waals surface area (Å²) in [6.07, 6.45) is -6.25. The molecule has 29 heavy (non-hydrogen) atoms. The molecule has 13 nitrogen and oxygen atoms in total. The third kappa shape index (κ3) is 8.34. The molecule has 0 aromatic heterocycles. The molecule has 0 radical (unpaired) electrons. The highest BCUT2D eigenvalue weighted by Crippen LogP contribution is 2.29. The van der Waals surface area contributed by atoms with Gasteiger partial charge in [-0.15, -0.1) is 0 Å². The van der Waals surface area contributed by atoms with Crippen molar-refractivity contribution >= 4 is 23.9 Å². The van der Waals surface area contributed by atoms with Crippen LogP contribution in [0.15, 0.2) is 5.11 Å². The van der Waals surface area contributed by atoms with Gasteiger partial charge in [-0.25, -0.2) is 0 Å². The number of hydrogen-bond acceptors (Lipinski definition) is 11. The van der Waals surface area contributed by atoms with Gasteiger partial charge in [0.15, 0.2) is 24.6 Å². The van der Waals surface area contributed by atoms with Crippen molar-refractivity contribution in [1.29, 1.82) is 0 Å². The van der Waals surface area contributed by atoms with E-state index in [2.05, 4.69) is 10.0 Å². The van der Waals surface area contributed by atoms with Crippen LogP contribution in [0.4, 0.5) is 0 Å².